The minimum absolute atomic E-state index is 0.246. The fourth-order valence-electron chi connectivity index (χ4n) is 3.15. The van der Waals surface area contributed by atoms with Crippen LogP contribution < -0.4 is 10.6 Å². The summed E-state index contributed by atoms with van der Waals surface area (Å²) in [7, 11) is 4.42. The Morgan fingerprint density at radius 1 is 1.48 bits per heavy atom. The zero-order valence-corrected chi connectivity index (χ0v) is 15.1. The maximum absolute atomic E-state index is 6.16. The van der Waals surface area contributed by atoms with Gasteiger partial charge in [-0.05, 0) is 56.5 Å². The topological polar surface area (TPSA) is 32.5 Å². The molecule has 2 N–H and O–H groups in total. The third-order valence-corrected chi connectivity index (χ3v) is 4.98. The van der Waals surface area contributed by atoms with Gasteiger partial charge < -0.3 is 15.5 Å². The zero-order valence-electron chi connectivity index (χ0n) is 13.5. The molecule has 0 radical (unpaired) electrons. The van der Waals surface area contributed by atoms with Crippen LogP contribution in [0, 0.1) is 5.92 Å². The third-order valence-electron chi connectivity index (χ3n) is 4.49. The summed E-state index contributed by atoms with van der Waals surface area (Å²) in [4.78, 5) is 4.83. The first kappa shape index (κ1) is 16.8. The Morgan fingerprint density at radius 3 is 2.86 bits per heavy atom. The molecular weight excluding hydrogens is 326 g/mol. The molecule has 3 nitrogen and oxygen atoms in total. The van der Waals surface area contributed by atoms with Crippen LogP contribution in [0.3, 0.4) is 0 Å². The molecule has 0 spiro atoms. The van der Waals surface area contributed by atoms with Crippen LogP contribution in [0.1, 0.15) is 25.3 Å². The van der Waals surface area contributed by atoms with Crippen molar-refractivity contribution in [1.82, 2.24) is 4.90 Å². The number of benzene rings is 1. The van der Waals surface area contributed by atoms with Crippen molar-refractivity contribution >= 4 is 21.6 Å². The predicted octanol–water partition coefficient (Wildman–Crippen LogP) is 3.12. The van der Waals surface area contributed by atoms with E-state index in [2.05, 4.69) is 64.9 Å². The van der Waals surface area contributed by atoms with Crippen LogP contribution >= 0.6 is 15.9 Å². The molecule has 0 aliphatic carbocycles. The van der Waals surface area contributed by atoms with Crippen molar-refractivity contribution in [2.24, 2.45) is 11.7 Å². The fourth-order valence-corrected chi connectivity index (χ4v) is 3.50. The first-order chi connectivity index (χ1) is 9.99. The largest absolute Gasteiger partial charge is 0.374 e. The van der Waals surface area contributed by atoms with Crippen molar-refractivity contribution in [3.63, 3.8) is 0 Å². The number of hydrogen-bond donors (Lipinski definition) is 1. The van der Waals surface area contributed by atoms with Crippen molar-refractivity contribution in [2.45, 2.75) is 32.2 Å². The monoisotopic (exact) mass is 353 g/mol. The average molecular weight is 354 g/mol. The van der Waals surface area contributed by atoms with Gasteiger partial charge in [0.25, 0.3) is 0 Å². The van der Waals surface area contributed by atoms with E-state index in [0.717, 1.165) is 29.8 Å². The molecule has 21 heavy (non-hydrogen) atoms. The molecule has 1 aliphatic rings. The van der Waals surface area contributed by atoms with Gasteiger partial charge >= 0.3 is 0 Å². The van der Waals surface area contributed by atoms with Crippen LogP contribution in [0.15, 0.2) is 22.7 Å². The van der Waals surface area contributed by atoms with E-state index in [1.807, 2.05) is 0 Å². The molecule has 2 atom stereocenters. The normalized spacial score (nSPS) is 20.7. The Labute approximate surface area is 137 Å². The van der Waals surface area contributed by atoms with Gasteiger partial charge in [-0.15, -0.1) is 0 Å². The lowest BCUT2D eigenvalue weighted by atomic mass is 10.0. The first-order valence-corrected chi connectivity index (χ1v) is 8.72. The summed E-state index contributed by atoms with van der Waals surface area (Å²) in [5.41, 5.74) is 8.84. The van der Waals surface area contributed by atoms with Crippen LogP contribution in [0.25, 0.3) is 0 Å². The van der Waals surface area contributed by atoms with E-state index in [9.17, 15) is 0 Å². The standard InChI is InChI=1S/C17H28BrN3/c1-4-16(19)9-14-5-6-15(18)10-17(14)21(3)12-13-7-8-20(2)11-13/h5-6,10,13,16H,4,7-9,11-12,19H2,1-3H3. The van der Waals surface area contributed by atoms with E-state index in [4.69, 9.17) is 5.73 Å². The lowest BCUT2D eigenvalue weighted by molar-refractivity contribution is 0.396. The van der Waals surface area contributed by atoms with Gasteiger partial charge in [0.05, 0.1) is 0 Å². The number of nitrogens with zero attached hydrogens (tertiary/aromatic N) is 2. The van der Waals surface area contributed by atoms with Gasteiger partial charge in [-0.25, -0.2) is 0 Å². The molecule has 1 heterocycles. The Kier molecular flexibility index (Phi) is 6.08. The highest BCUT2D eigenvalue weighted by atomic mass is 79.9. The van der Waals surface area contributed by atoms with Gasteiger partial charge in [0, 0.05) is 36.3 Å². The summed E-state index contributed by atoms with van der Waals surface area (Å²) in [6, 6.07) is 6.82. The van der Waals surface area contributed by atoms with Crippen LogP contribution in [-0.4, -0.2) is 44.7 Å². The second-order valence-electron chi connectivity index (χ2n) is 6.44. The number of anilines is 1. The van der Waals surface area contributed by atoms with Gasteiger partial charge in [0.15, 0.2) is 0 Å². The summed E-state index contributed by atoms with van der Waals surface area (Å²) < 4.78 is 1.14. The predicted molar refractivity (Wildman–Crippen MR) is 95.0 cm³/mol. The lowest BCUT2D eigenvalue weighted by Gasteiger charge is -2.26. The lowest BCUT2D eigenvalue weighted by Crippen LogP contribution is -2.29. The highest BCUT2D eigenvalue weighted by molar-refractivity contribution is 9.10. The number of halogens is 1. The summed E-state index contributed by atoms with van der Waals surface area (Å²) in [5.74, 6) is 0.770. The van der Waals surface area contributed by atoms with E-state index < -0.39 is 0 Å². The van der Waals surface area contributed by atoms with Crippen LogP contribution in [0.4, 0.5) is 5.69 Å². The Balaban J connectivity index is 2.10. The van der Waals surface area contributed by atoms with Crippen molar-refractivity contribution in [2.75, 3.05) is 38.6 Å². The molecule has 2 rings (SSSR count). The Morgan fingerprint density at radius 2 is 2.24 bits per heavy atom. The Bertz CT molecular complexity index is 463. The highest BCUT2D eigenvalue weighted by Crippen LogP contribution is 2.27. The molecule has 0 aromatic heterocycles. The molecule has 1 saturated heterocycles. The van der Waals surface area contributed by atoms with Crippen LogP contribution in [0.2, 0.25) is 0 Å². The quantitative estimate of drug-likeness (QED) is 0.852. The molecule has 0 saturated carbocycles. The summed E-state index contributed by atoms with van der Waals surface area (Å²) in [6.07, 6.45) is 3.28. The molecule has 1 fully saturated rings. The number of nitrogens with two attached hydrogens (primary N) is 1. The molecule has 0 amide bonds. The minimum atomic E-state index is 0.246. The molecule has 1 aliphatic heterocycles. The van der Waals surface area contributed by atoms with E-state index in [1.165, 1.54) is 30.8 Å². The maximum atomic E-state index is 6.16. The van der Waals surface area contributed by atoms with Crippen LogP contribution in [0.5, 0.6) is 0 Å². The highest BCUT2D eigenvalue weighted by Gasteiger charge is 2.22. The fraction of sp³-hybridized carbons (Fsp3) is 0.647. The number of likely N-dealkylation sites (tertiary alicyclic amines) is 1. The van der Waals surface area contributed by atoms with E-state index in [1.54, 1.807) is 0 Å². The van der Waals surface area contributed by atoms with Crippen molar-refractivity contribution < 1.29 is 0 Å². The molecule has 0 bridgehead atoms. The molecular formula is C17H28BrN3. The van der Waals surface area contributed by atoms with Gasteiger partial charge in [0.1, 0.15) is 0 Å². The minimum Gasteiger partial charge on any atom is -0.374 e. The smallest absolute Gasteiger partial charge is 0.0408 e. The van der Waals surface area contributed by atoms with Crippen molar-refractivity contribution in [3.05, 3.63) is 28.2 Å². The van der Waals surface area contributed by atoms with Gasteiger partial charge in [0.2, 0.25) is 0 Å². The van der Waals surface area contributed by atoms with Gasteiger partial charge in [-0.1, -0.05) is 28.9 Å². The van der Waals surface area contributed by atoms with Gasteiger partial charge in [-0.3, -0.25) is 0 Å². The van der Waals surface area contributed by atoms with Crippen molar-refractivity contribution in [1.29, 1.82) is 0 Å². The Hall–Kier alpha value is -0.580. The summed E-state index contributed by atoms with van der Waals surface area (Å²) in [5, 5.41) is 0. The van der Waals surface area contributed by atoms with E-state index >= 15 is 0 Å². The molecule has 1 aromatic rings. The summed E-state index contributed by atoms with van der Waals surface area (Å²) in [6.45, 7) is 5.71. The van der Waals surface area contributed by atoms with Crippen molar-refractivity contribution in [3.8, 4) is 0 Å². The zero-order chi connectivity index (χ0) is 15.4. The number of hydrogen-bond acceptors (Lipinski definition) is 3. The molecule has 2 unspecified atom stereocenters. The molecule has 1 aromatic carbocycles. The third kappa shape index (κ3) is 4.70. The van der Waals surface area contributed by atoms with E-state index in [-0.39, 0.29) is 6.04 Å². The summed E-state index contributed by atoms with van der Waals surface area (Å²) >= 11 is 3.60. The maximum Gasteiger partial charge on any atom is 0.0408 e. The SMILES string of the molecule is CCC(N)Cc1ccc(Br)cc1N(C)CC1CCN(C)C1. The second-order valence-corrected chi connectivity index (χ2v) is 7.36. The average Bonchev–Trinajstić information content (AvgIpc) is 2.85. The van der Waals surface area contributed by atoms with Crippen LogP contribution in [-0.2, 0) is 6.42 Å². The number of rotatable bonds is 6. The molecule has 4 heteroatoms. The molecule has 118 valence electrons. The van der Waals surface area contributed by atoms with Gasteiger partial charge in [-0.2, -0.15) is 0 Å². The van der Waals surface area contributed by atoms with E-state index in [0.29, 0.717) is 0 Å². The second kappa shape index (κ2) is 7.61. The first-order valence-electron chi connectivity index (χ1n) is 7.93.